The molecule has 142 valence electrons. The summed E-state index contributed by atoms with van der Waals surface area (Å²) in [6, 6.07) is 8.04. The summed E-state index contributed by atoms with van der Waals surface area (Å²) in [5, 5.41) is 0.270. The number of β-lactam (4-membered cyclic amide) rings is 1. The van der Waals surface area contributed by atoms with Gasteiger partial charge in [0.25, 0.3) is 5.91 Å². The maximum absolute atomic E-state index is 12.9. The molecule has 3 aliphatic heterocycles. The van der Waals surface area contributed by atoms with Crippen LogP contribution in [0.5, 0.6) is 0 Å². The van der Waals surface area contributed by atoms with E-state index in [1.54, 1.807) is 0 Å². The van der Waals surface area contributed by atoms with Gasteiger partial charge in [0, 0.05) is 0 Å². The number of rotatable bonds is 3. The molecule has 2 amide bonds. The quantitative estimate of drug-likeness (QED) is 0.580. The second-order valence-corrected chi connectivity index (χ2v) is 6.89. The van der Waals surface area contributed by atoms with E-state index in [0.717, 1.165) is 5.56 Å². The summed E-state index contributed by atoms with van der Waals surface area (Å²) in [4.78, 5) is 39.5. The van der Waals surface area contributed by atoms with Gasteiger partial charge >= 0.3 is 12.2 Å². The Balaban J connectivity index is 1.60. The van der Waals surface area contributed by atoms with Crippen molar-refractivity contribution in [3.05, 3.63) is 46.8 Å². The minimum absolute atomic E-state index is 0.0233. The molecule has 0 aliphatic carbocycles. The first-order chi connectivity index (χ1) is 13.0. The minimum atomic E-state index is -0.956. The van der Waals surface area contributed by atoms with Crippen LogP contribution < -0.4 is 0 Å². The van der Waals surface area contributed by atoms with E-state index < -0.39 is 18.3 Å². The van der Waals surface area contributed by atoms with E-state index in [-0.39, 0.29) is 35.5 Å². The zero-order chi connectivity index (χ0) is 19.1. The molecule has 9 heteroatoms. The van der Waals surface area contributed by atoms with Gasteiger partial charge in [-0.15, -0.1) is 0 Å². The number of hydrogen-bond donors (Lipinski definition) is 0. The largest absolute Gasteiger partial charge is 0.514 e. The Morgan fingerprint density at radius 3 is 2.70 bits per heavy atom. The van der Waals surface area contributed by atoms with Gasteiger partial charge in [-0.3, -0.25) is 14.6 Å². The number of amides is 2. The molecule has 0 bridgehead atoms. The van der Waals surface area contributed by atoms with Crippen LogP contribution in [0.25, 0.3) is 0 Å². The molecule has 0 spiro atoms. The highest BCUT2D eigenvalue weighted by Gasteiger charge is 2.59. The van der Waals surface area contributed by atoms with Crippen molar-refractivity contribution in [2.75, 3.05) is 13.7 Å². The molecule has 3 aliphatic rings. The van der Waals surface area contributed by atoms with Crippen molar-refractivity contribution in [3.8, 4) is 0 Å². The van der Waals surface area contributed by atoms with Crippen LogP contribution in [0.2, 0.25) is 0 Å². The Morgan fingerprint density at radius 1 is 1.26 bits per heavy atom. The molecule has 3 atom stereocenters. The fraction of sp³-hybridized carbons (Fsp3) is 0.389. The van der Waals surface area contributed by atoms with Crippen molar-refractivity contribution in [2.45, 2.75) is 31.0 Å². The predicted molar refractivity (Wildman–Crippen MR) is 92.4 cm³/mol. The number of ether oxygens (including phenoxy) is 3. The van der Waals surface area contributed by atoms with Gasteiger partial charge in [-0.2, -0.15) is 0 Å². The summed E-state index contributed by atoms with van der Waals surface area (Å²) in [5.41, 5.74) is 0.894. The average molecular weight is 393 g/mol. The number of nitrogens with zero attached hydrogens (tertiary/aromatic N) is 2. The van der Waals surface area contributed by atoms with Crippen LogP contribution in [0, 0.1) is 0 Å². The molecule has 2 fully saturated rings. The zero-order valence-electron chi connectivity index (χ0n) is 14.5. The Hall–Kier alpha value is -2.74. The van der Waals surface area contributed by atoms with Gasteiger partial charge < -0.3 is 14.2 Å². The molecule has 1 aromatic rings. The fourth-order valence-electron chi connectivity index (χ4n) is 3.78. The summed E-state index contributed by atoms with van der Waals surface area (Å²) in [7, 11) is 1.17. The number of hydrogen-bond acceptors (Lipinski definition) is 6. The molecular weight excluding hydrogens is 376 g/mol. The summed E-state index contributed by atoms with van der Waals surface area (Å²) >= 11 is 6.15. The number of allylic oxidation sites excluding steroid dienone is 1. The summed E-state index contributed by atoms with van der Waals surface area (Å²) in [5.74, 6) is -0.388. The SMILES string of the molecule is COC(=O)OC1=C(Cl)CC[C@@H]2[C@H](N3C(=O)OC[C@@H]3c3ccccc3)C(=O)N12. The minimum Gasteiger partial charge on any atom is -0.447 e. The number of fused-ring (bicyclic) bond motifs is 1. The lowest BCUT2D eigenvalue weighted by atomic mass is 9.86. The van der Waals surface area contributed by atoms with E-state index in [4.69, 9.17) is 21.1 Å². The molecule has 0 aromatic heterocycles. The summed E-state index contributed by atoms with van der Waals surface area (Å²) in [6.45, 7) is 0.182. The summed E-state index contributed by atoms with van der Waals surface area (Å²) < 4.78 is 14.8. The van der Waals surface area contributed by atoms with Gasteiger partial charge in [-0.05, 0) is 18.4 Å². The third kappa shape index (κ3) is 2.80. The highest BCUT2D eigenvalue weighted by molar-refractivity contribution is 6.30. The van der Waals surface area contributed by atoms with E-state index in [1.807, 2.05) is 30.3 Å². The van der Waals surface area contributed by atoms with Crippen LogP contribution in [0.3, 0.4) is 0 Å². The molecule has 0 unspecified atom stereocenters. The van der Waals surface area contributed by atoms with E-state index in [2.05, 4.69) is 4.74 Å². The maximum Gasteiger partial charge on any atom is 0.514 e. The highest BCUT2D eigenvalue weighted by Crippen LogP contribution is 2.44. The van der Waals surface area contributed by atoms with Crippen LogP contribution in [0.1, 0.15) is 24.4 Å². The fourth-order valence-corrected chi connectivity index (χ4v) is 4.02. The second kappa shape index (κ2) is 6.77. The Morgan fingerprint density at radius 2 is 2.00 bits per heavy atom. The molecule has 27 heavy (non-hydrogen) atoms. The third-order valence-corrected chi connectivity index (χ3v) is 5.39. The average Bonchev–Trinajstić information content (AvgIpc) is 3.05. The van der Waals surface area contributed by atoms with Crippen LogP contribution >= 0.6 is 11.6 Å². The topological polar surface area (TPSA) is 85.4 Å². The van der Waals surface area contributed by atoms with E-state index >= 15 is 0 Å². The Kier molecular flexibility index (Phi) is 4.43. The van der Waals surface area contributed by atoms with Crippen molar-refractivity contribution in [1.82, 2.24) is 9.80 Å². The lowest BCUT2D eigenvalue weighted by Gasteiger charge is -2.52. The van der Waals surface area contributed by atoms with Gasteiger partial charge in [-0.25, -0.2) is 9.59 Å². The first kappa shape index (κ1) is 17.7. The monoisotopic (exact) mass is 392 g/mol. The number of methoxy groups -OCH3 is 1. The highest BCUT2D eigenvalue weighted by atomic mass is 35.5. The molecule has 4 rings (SSSR count). The molecule has 0 radical (unpaired) electrons. The number of carbonyl (C=O) groups excluding carboxylic acids is 3. The summed E-state index contributed by atoms with van der Waals surface area (Å²) in [6.07, 6.45) is -0.507. The van der Waals surface area contributed by atoms with Crippen LogP contribution in [0.4, 0.5) is 9.59 Å². The van der Waals surface area contributed by atoms with Crippen molar-refractivity contribution in [2.24, 2.45) is 0 Å². The lowest BCUT2D eigenvalue weighted by molar-refractivity contribution is -0.159. The standard InChI is InChI=1S/C18H17ClN2O6/c1-25-18(24)27-16-11(19)7-8-12-14(15(22)21(12)16)20-13(9-26-17(20)23)10-5-3-2-4-6-10/h2-6,12-14H,7-9H2,1H3/t12-,13-,14+/m1/s1. The Labute approximate surface area is 160 Å². The second-order valence-electron chi connectivity index (χ2n) is 6.44. The molecule has 0 N–H and O–H groups in total. The molecule has 3 heterocycles. The molecule has 1 aromatic carbocycles. The third-order valence-electron chi connectivity index (χ3n) is 5.04. The van der Waals surface area contributed by atoms with Gasteiger partial charge in [0.05, 0.1) is 24.2 Å². The molecule has 2 saturated heterocycles. The zero-order valence-corrected chi connectivity index (χ0v) is 15.2. The van der Waals surface area contributed by atoms with Gasteiger partial charge in [0.1, 0.15) is 12.6 Å². The van der Waals surface area contributed by atoms with Crippen LogP contribution in [0.15, 0.2) is 41.2 Å². The number of benzene rings is 1. The maximum atomic E-state index is 12.9. The number of halogens is 1. The molecular formula is C18H17ClN2O6. The molecule has 0 saturated carbocycles. The van der Waals surface area contributed by atoms with E-state index in [0.29, 0.717) is 12.8 Å². The van der Waals surface area contributed by atoms with E-state index in [9.17, 15) is 14.4 Å². The van der Waals surface area contributed by atoms with Crippen LogP contribution in [-0.4, -0.2) is 53.8 Å². The number of cyclic esters (lactones) is 1. The van der Waals surface area contributed by atoms with Gasteiger partial charge in [0.2, 0.25) is 5.88 Å². The predicted octanol–water partition coefficient (Wildman–Crippen LogP) is 2.74. The first-order valence-electron chi connectivity index (χ1n) is 8.50. The Bertz CT molecular complexity index is 826. The number of carbonyl (C=O) groups is 3. The van der Waals surface area contributed by atoms with E-state index in [1.165, 1.54) is 16.9 Å². The first-order valence-corrected chi connectivity index (χ1v) is 8.88. The lowest BCUT2D eigenvalue weighted by Crippen LogP contribution is -2.71. The van der Waals surface area contributed by atoms with Gasteiger partial charge in [-0.1, -0.05) is 41.9 Å². The van der Waals surface area contributed by atoms with Crippen molar-refractivity contribution in [1.29, 1.82) is 0 Å². The van der Waals surface area contributed by atoms with Gasteiger partial charge in [0.15, 0.2) is 0 Å². The normalized spacial score (nSPS) is 27.1. The smallest absolute Gasteiger partial charge is 0.447 e. The van der Waals surface area contributed by atoms with Crippen molar-refractivity contribution < 1.29 is 28.6 Å². The molecule has 8 nitrogen and oxygen atoms in total. The van der Waals surface area contributed by atoms with Crippen LogP contribution in [-0.2, 0) is 19.0 Å². The van der Waals surface area contributed by atoms with Crippen molar-refractivity contribution in [3.63, 3.8) is 0 Å². The van der Waals surface area contributed by atoms with Crippen molar-refractivity contribution >= 4 is 29.8 Å².